The molecular weight excluding hydrogens is 360 g/mol. The molecule has 7 heteroatoms. The number of Topliss-reactive ketones (excluding diaryl/α,β-unsaturated/α-hetero) is 1. The molecule has 3 rings (SSSR count). The van der Waals surface area contributed by atoms with Crippen LogP contribution in [0.3, 0.4) is 0 Å². The Morgan fingerprint density at radius 3 is 2.39 bits per heavy atom. The van der Waals surface area contributed by atoms with E-state index in [-0.39, 0.29) is 23.9 Å². The standard InChI is InChI=1S/C21H26N2O5/c1-5-17(24)16-12-14-6-7-15(13-18(14)27-19(16)25)22-8-10-23(11-9-22)20(26)28-21(2,3)4/h6-7,12-13H,5,8-11H2,1-4H3. The van der Waals surface area contributed by atoms with Gasteiger partial charge in [-0.05, 0) is 39.0 Å². The molecule has 0 radical (unpaired) electrons. The minimum Gasteiger partial charge on any atom is -0.444 e. The first-order chi connectivity index (χ1) is 13.2. The lowest BCUT2D eigenvalue weighted by Crippen LogP contribution is -2.50. The molecule has 0 bridgehead atoms. The molecule has 0 saturated carbocycles. The Labute approximate surface area is 163 Å². The van der Waals surface area contributed by atoms with Crippen LogP contribution in [0.15, 0.2) is 33.5 Å². The highest BCUT2D eigenvalue weighted by Gasteiger charge is 2.26. The summed E-state index contributed by atoms with van der Waals surface area (Å²) >= 11 is 0. The Kier molecular flexibility index (Phi) is 5.45. The van der Waals surface area contributed by atoms with Gasteiger partial charge in [0.1, 0.15) is 16.7 Å². The van der Waals surface area contributed by atoms with Crippen molar-refractivity contribution in [1.29, 1.82) is 0 Å². The van der Waals surface area contributed by atoms with Gasteiger partial charge in [-0.1, -0.05) is 6.92 Å². The molecule has 0 spiro atoms. The lowest BCUT2D eigenvalue weighted by atomic mass is 10.1. The Morgan fingerprint density at radius 1 is 1.11 bits per heavy atom. The third-order valence-corrected chi connectivity index (χ3v) is 4.64. The van der Waals surface area contributed by atoms with Crippen molar-refractivity contribution in [3.05, 3.63) is 40.2 Å². The van der Waals surface area contributed by atoms with Crippen molar-refractivity contribution in [2.75, 3.05) is 31.1 Å². The van der Waals surface area contributed by atoms with Gasteiger partial charge < -0.3 is 19.0 Å². The van der Waals surface area contributed by atoms with Crippen LogP contribution in [-0.4, -0.2) is 48.6 Å². The summed E-state index contributed by atoms with van der Waals surface area (Å²) in [5, 5.41) is 0.715. The van der Waals surface area contributed by atoms with E-state index in [9.17, 15) is 14.4 Å². The van der Waals surface area contributed by atoms with E-state index >= 15 is 0 Å². The van der Waals surface area contributed by atoms with Crippen molar-refractivity contribution in [3.63, 3.8) is 0 Å². The van der Waals surface area contributed by atoms with Crippen LogP contribution in [0.2, 0.25) is 0 Å². The van der Waals surface area contributed by atoms with Crippen molar-refractivity contribution in [2.24, 2.45) is 0 Å². The zero-order valence-electron chi connectivity index (χ0n) is 16.8. The molecule has 0 atom stereocenters. The van der Waals surface area contributed by atoms with Gasteiger partial charge in [0.15, 0.2) is 5.78 Å². The van der Waals surface area contributed by atoms with Crippen molar-refractivity contribution < 1.29 is 18.7 Å². The van der Waals surface area contributed by atoms with Crippen molar-refractivity contribution in [3.8, 4) is 0 Å². The monoisotopic (exact) mass is 386 g/mol. The van der Waals surface area contributed by atoms with E-state index in [2.05, 4.69) is 4.90 Å². The highest BCUT2D eigenvalue weighted by molar-refractivity contribution is 5.98. The summed E-state index contributed by atoms with van der Waals surface area (Å²) in [6, 6.07) is 7.18. The minimum absolute atomic E-state index is 0.0914. The lowest BCUT2D eigenvalue weighted by Gasteiger charge is -2.36. The average molecular weight is 386 g/mol. The van der Waals surface area contributed by atoms with E-state index in [1.807, 2.05) is 32.9 Å². The maximum atomic E-state index is 12.2. The average Bonchev–Trinajstić information content (AvgIpc) is 2.65. The Morgan fingerprint density at radius 2 is 1.79 bits per heavy atom. The predicted octanol–water partition coefficient (Wildman–Crippen LogP) is 3.44. The van der Waals surface area contributed by atoms with Gasteiger partial charge >= 0.3 is 11.7 Å². The van der Waals surface area contributed by atoms with Gasteiger partial charge in [0, 0.05) is 49.7 Å². The van der Waals surface area contributed by atoms with E-state index in [1.54, 1.807) is 24.0 Å². The summed E-state index contributed by atoms with van der Waals surface area (Å²) in [6.45, 7) is 9.69. The Balaban J connectivity index is 1.74. The topological polar surface area (TPSA) is 80.1 Å². The first kappa shape index (κ1) is 19.9. The van der Waals surface area contributed by atoms with Crippen LogP contribution < -0.4 is 10.5 Å². The molecule has 1 saturated heterocycles. The van der Waals surface area contributed by atoms with Crippen LogP contribution in [0.25, 0.3) is 11.0 Å². The first-order valence-corrected chi connectivity index (χ1v) is 9.52. The van der Waals surface area contributed by atoms with Crippen molar-refractivity contribution in [2.45, 2.75) is 39.7 Å². The molecule has 1 fully saturated rings. The fraction of sp³-hybridized carbons (Fsp3) is 0.476. The number of rotatable bonds is 3. The maximum absolute atomic E-state index is 12.2. The van der Waals surface area contributed by atoms with Gasteiger partial charge in [-0.25, -0.2) is 9.59 Å². The largest absolute Gasteiger partial charge is 0.444 e. The summed E-state index contributed by atoms with van der Waals surface area (Å²) in [5.74, 6) is -0.224. The van der Waals surface area contributed by atoms with Gasteiger partial charge in [-0.15, -0.1) is 0 Å². The van der Waals surface area contributed by atoms with Crippen LogP contribution in [0.4, 0.5) is 10.5 Å². The second-order valence-corrected chi connectivity index (χ2v) is 7.90. The quantitative estimate of drug-likeness (QED) is 0.594. The van der Waals surface area contributed by atoms with Crippen LogP contribution in [0.5, 0.6) is 0 Å². The number of carbonyl (C=O) groups is 2. The SMILES string of the molecule is CCC(=O)c1cc2ccc(N3CCN(C(=O)OC(C)(C)C)CC3)cc2oc1=O. The minimum atomic E-state index is -0.605. The van der Waals surface area contributed by atoms with Crippen molar-refractivity contribution >= 4 is 28.5 Å². The van der Waals surface area contributed by atoms with Gasteiger partial charge in [0.05, 0.1) is 0 Å². The number of benzene rings is 1. The number of hydrogen-bond acceptors (Lipinski definition) is 6. The number of carbonyl (C=O) groups excluding carboxylic acids is 2. The predicted molar refractivity (Wildman–Crippen MR) is 107 cm³/mol. The smallest absolute Gasteiger partial charge is 0.410 e. The second-order valence-electron chi connectivity index (χ2n) is 7.90. The third kappa shape index (κ3) is 4.35. The normalized spacial score (nSPS) is 15.0. The van der Waals surface area contributed by atoms with E-state index < -0.39 is 11.2 Å². The number of piperazine rings is 1. The van der Waals surface area contributed by atoms with Crippen LogP contribution in [0.1, 0.15) is 44.5 Å². The second kappa shape index (κ2) is 7.66. The number of hydrogen-bond donors (Lipinski definition) is 0. The fourth-order valence-electron chi connectivity index (χ4n) is 3.16. The number of nitrogens with zero attached hydrogens (tertiary/aromatic N) is 2. The zero-order valence-corrected chi connectivity index (χ0v) is 16.8. The van der Waals surface area contributed by atoms with Gasteiger partial charge in [0.25, 0.3) is 0 Å². The highest BCUT2D eigenvalue weighted by atomic mass is 16.6. The molecule has 1 aliphatic heterocycles. The van der Waals surface area contributed by atoms with Crippen LogP contribution in [0, 0.1) is 0 Å². The van der Waals surface area contributed by atoms with Crippen LogP contribution in [-0.2, 0) is 4.74 Å². The molecule has 2 heterocycles. The molecule has 0 N–H and O–H groups in total. The van der Waals surface area contributed by atoms with E-state index in [4.69, 9.17) is 9.15 Å². The molecule has 1 aromatic heterocycles. The summed E-state index contributed by atoms with van der Waals surface area (Å²) in [4.78, 5) is 40.0. The van der Waals surface area contributed by atoms with E-state index in [1.165, 1.54) is 0 Å². The molecule has 150 valence electrons. The first-order valence-electron chi connectivity index (χ1n) is 9.52. The summed E-state index contributed by atoms with van der Waals surface area (Å²) in [7, 11) is 0. The molecule has 0 unspecified atom stereocenters. The number of amides is 1. The molecule has 1 aromatic carbocycles. The molecule has 1 amide bonds. The maximum Gasteiger partial charge on any atom is 0.410 e. The van der Waals surface area contributed by atoms with Gasteiger partial charge in [0.2, 0.25) is 0 Å². The molecule has 1 aliphatic rings. The third-order valence-electron chi connectivity index (χ3n) is 4.64. The molecule has 7 nitrogen and oxygen atoms in total. The lowest BCUT2D eigenvalue weighted by molar-refractivity contribution is 0.0240. The zero-order chi connectivity index (χ0) is 20.5. The van der Waals surface area contributed by atoms with Gasteiger partial charge in [-0.2, -0.15) is 0 Å². The summed E-state index contributed by atoms with van der Waals surface area (Å²) in [5.41, 5.74) is 0.334. The Bertz CT molecular complexity index is 949. The highest BCUT2D eigenvalue weighted by Crippen LogP contribution is 2.24. The summed E-state index contributed by atoms with van der Waals surface area (Å²) in [6.07, 6.45) is -0.0409. The Hall–Kier alpha value is -2.83. The molecule has 2 aromatic rings. The van der Waals surface area contributed by atoms with E-state index in [0.29, 0.717) is 37.1 Å². The van der Waals surface area contributed by atoms with E-state index in [0.717, 1.165) is 5.69 Å². The number of ketones is 1. The summed E-state index contributed by atoms with van der Waals surface area (Å²) < 4.78 is 10.8. The van der Waals surface area contributed by atoms with Crippen molar-refractivity contribution in [1.82, 2.24) is 4.90 Å². The molecule has 28 heavy (non-hydrogen) atoms. The van der Waals surface area contributed by atoms with Crippen LogP contribution >= 0.6 is 0 Å². The number of fused-ring (bicyclic) bond motifs is 1. The fourth-order valence-corrected chi connectivity index (χ4v) is 3.16. The number of ether oxygens (including phenoxy) is 1. The molecular formula is C21H26N2O5. The molecule has 0 aliphatic carbocycles. The van der Waals surface area contributed by atoms with Gasteiger partial charge in [-0.3, -0.25) is 4.79 Å². The number of anilines is 1.